The maximum atomic E-state index is 12.9. The molecular formula is C20H27N5O. The second-order valence-electron chi connectivity index (χ2n) is 7.17. The van der Waals surface area contributed by atoms with Crippen LogP contribution in [0.2, 0.25) is 0 Å². The lowest BCUT2D eigenvalue weighted by molar-refractivity contribution is -0.134. The summed E-state index contributed by atoms with van der Waals surface area (Å²) in [7, 11) is 0. The van der Waals surface area contributed by atoms with Crippen LogP contribution in [-0.4, -0.2) is 37.5 Å². The van der Waals surface area contributed by atoms with Crippen LogP contribution in [0.25, 0.3) is 5.65 Å². The molecule has 3 rings (SSSR count). The first-order chi connectivity index (χ1) is 12.5. The van der Waals surface area contributed by atoms with Crippen LogP contribution in [0.4, 0.5) is 0 Å². The van der Waals surface area contributed by atoms with Crippen molar-refractivity contribution in [1.29, 1.82) is 5.26 Å². The van der Waals surface area contributed by atoms with Gasteiger partial charge in [-0.3, -0.25) is 4.79 Å². The van der Waals surface area contributed by atoms with Crippen molar-refractivity contribution in [3.8, 4) is 6.07 Å². The van der Waals surface area contributed by atoms with E-state index in [9.17, 15) is 10.1 Å². The molecular weight excluding hydrogens is 326 g/mol. The highest BCUT2D eigenvalue weighted by Gasteiger charge is 2.35. The predicted octanol–water partition coefficient (Wildman–Crippen LogP) is 3.33. The highest BCUT2D eigenvalue weighted by molar-refractivity contribution is 5.77. The number of carbonyl (C=O) groups excluding carboxylic acids is 1. The number of rotatable bonds is 7. The van der Waals surface area contributed by atoms with E-state index >= 15 is 0 Å². The van der Waals surface area contributed by atoms with Gasteiger partial charge in [0, 0.05) is 29.9 Å². The molecule has 0 aromatic carbocycles. The number of nitrogens with zero attached hydrogens (tertiary/aromatic N) is 5. The third-order valence-corrected chi connectivity index (χ3v) is 5.48. The molecule has 26 heavy (non-hydrogen) atoms. The number of carbonyl (C=O) groups is 1. The van der Waals surface area contributed by atoms with Crippen molar-refractivity contribution >= 4 is 11.6 Å². The number of amides is 1. The van der Waals surface area contributed by atoms with Crippen molar-refractivity contribution in [2.75, 3.05) is 0 Å². The minimum atomic E-state index is 0.248. The van der Waals surface area contributed by atoms with E-state index in [2.05, 4.69) is 34.9 Å². The summed E-state index contributed by atoms with van der Waals surface area (Å²) in [5.41, 5.74) is 3.96. The highest BCUT2D eigenvalue weighted by atomic mass is 16.2. The molecule has 0 unspecified atom stereocenters. The van der Waals surface area contributed by atoms with Crippen molar-refractivity contribution < 1.29 is 4.79 Å². The van der Waals surface area contributed by atoms with E-state index in [1.807, 2.05) is 13.8 Å². The third kappa shape index (κ3) is 3.31. The molecule has 0 N–H and O–H groups in total. The van der Waals surface area contributed by atoms with Gasteiger partial charge >= 0.3 is 0 Å². The van der Waals surface area contributed by atoms with Crippen LogP contribution in [0, 0.1) is 25.2 Å². The smallest absolute Gasteiger partial charge is 0.223 e. The molecule has 2 aromatic heterocycles. The molecule has 0 saturated heterocycles. The fourth-order valence-electron chi connectivity index (χ4n) is 3.85. The van der Waals surface area contributed by atoms with Crippen LogP contribution in [0.1, 0.15) is 68.5 Å². The number of hydrogen-bond donors (Lipinski definition) is 0. The quantitative estimate of drug-likeness (QED) is 0.765. The molecule has 0 spiro atoms. The fourth-order valence-corrected chi connectivity index (χ4v) is 3.85. The standard InChI is InChI=1S/C20H27N5O/c1-5-16(6-2)24(17-7-8-17)19(26)10-9-18-13(3)23-20-15(11-21)12-22-25(20)14(18)4/h12,16-17H,5-10H2,1-4H3. The van der Waals surface area contributed by atoms with Gasteiger partial charge < -0.3 is 4.90 Å². The van der Waals surface area contributed by atoms with Gasteiger partial charge in [-0.2, -0.15) is 10.4 Å². The van der Waals surface area contributed by atoms with Gasteiger partial charge in [0.05, 0.1) is 6.20 Å². The van der Waals surface area contributed by atoms with Gasteiger partial charge in [-0.25, -0.2) is 9.50 Å². The normalized spacial score (nSPS) is 14.0. The van der Waals surface area contributed by atoms with E-state index in [0.717, 1.165) is 42.6 Å². The summed E-state index contributed by atoms with van der Waals surface area (Å²) < 4.78 is 1.71. The molecule has 138 valence electrons. The Labute approximate surface area is 154 Å². The molecule has 1 fully saturated rings. The molecule has 1 saturated carbocycles. The SMILES string of the molecule is CCC(CC)N(C(=O)CCc1c(C)nc2c(C#N)cnn2c1C)C1CC1. The van der Waals surface area contributed by atoms with E-state index in [-0.39, 0.29) is 5.91 Å². The number of hydrogen-bond acceptors (Lipinski definition) is 4. The molecule has 2 aromatic rings. The summed E-state index contributed by atoms with van der Waals surface area (Å²) in [6, 6.07) is 2.92. The molecule has 6 nitrogen and oxygen atoms in total. The molecule has 0 bridgehead atoms. The summed E-state index contributed by atoms with van der Waals surface area (Å²) in [6.45, 7) is 8.25. The molecule has 6 heteroatoms. The molecule has 2 heterocycles. The van der Waals surface area contributed by atoms with Gasteiger partial charge in [-0.05, 0) is 51.5 Å². The number of fused-ring (bicyclic) bond motifs is 1. The summed E-state index contributed by atoms with van der Waals surface area (Å²) in [6.07, 6.45) is 6.99. The average molecular weight is 353 g/mol. The Morgan fingerprint density at radius 3 is 2.65 bits per heavy atom. The van der Waals surface area contributed by atoms with Crippen molar-refractivity contribution in [3.05, 3.63) is 28.7 Å². The second-order valence-corrected chi connectivity index (χ2v) is 7.17. The van der Waals surface area contributed by atoms with E-state index in [1.54, 1.807) is 10.7 Å². The summed E-state index contributed by atoms with van der Waals surface area (Å²) >= 11 is 0. The van der Waals surface area contributed by atoms with Crippen LogP contribution < -0.4 is 0 Å². The van der Waals surface area contributed by atoms with Crippen LogP contribution in [-0.2, 0) is 11.2 Å². The Bertz CT molecular complexity index is 855. The third-order valence-electron chi connectivity index (χ3n) is 5.48. The van der Waals surface area contributed by atoms with E-state index in [4.69, 9.17) is 0 Å². The van der Waals surface area contributed by atoms with Gasteiger partial charge in [-0.15, -0.1) is 0 Å². The van der Waals surface area contributed by atoms with Gasteiger partial charge in [0.2, 0.25) is 5.91 Å². The lowest BCUT2D eigenvalue weighted by Crippen LogP contribution is -2.41. The van der Waals surface area contributed by atoms with Gasteiger partial charge in [0.15, 0.2) is 5.65 Å². The van der Waals surface area contributed by atoms with Gasteiger partial charge in [0.25, 0.3) is 0 Å². The van der Waals surface area contributed by atoms with Gasteiger partial charge in [0.1, 0.15) is 11.6 Å². The lowest BCUT2D eigenvalue weighted by atomic mass is 10.0. The minimum absolute atomic E-state index is 0.248. The highest BCUT2D eigenvalue weighted by Crippen LogP contribution is 2.31. The van der Waals surface area contributed by atoms with Crippen molar-refractivity contribution in [1.82, 2.24) is 19.5 Å². The molecule has 1 amide bonds. The zero-order chi connectivity index (χ0) is 18.8. The van der Waals surface area contributed by atoms with Crippen LogP contribution in [0.3, 0.4) is 0 Å². The van der Waals surface area contributed by atoms with Crippen molar-refractivity contribution in [3.63, 3.8) is 0 Å². The Balaban J connectivity index is 1.81. The number of aromatic nitrogens is 3. The lowest BCUT2D eigenvalue weighted by Gasteiger charge is -2.31. The summed E-state index contributed by atoms with van der Waals surface area (Å²) in [4.78, 5) is 19.6. The van der Waals surface area contributed by atoms with E-state index in [1.165, 1.54) is 0 Å². The monoisotopic (exact) mass is 353 g/mol. The summed E-state index contributed by atoms with van der Waals surface area (Å²) in [5, 5.41) is 13.5. The average Bonchev–Trinajstić information content (AvgIpc) is 3.38. The first-order valence-electron chi connectivity index (χ1n) is 9.56. The molecule has 0 radical (unpaired) electrons. The second kappa shape index (κ2) is 7.45. The Morgan fingerprint density at radius 1 is 1.38 bits per heavy atom. The maximum absolute atomic E-state index is 12.9. The number of aryl methyl sites for hydroxylation is 2. The molecule has 0 atom stereocenters. The minimum Gasteiger partial charge on any atom is -0.337 e. The molecule has 1 aliphatic rings. The molecule has 1 aliphatic carbocycles. The van der Waals surface area contributed by atoms with Crippen molar-refractivity contribution in [2.45, 2.75) is 78.3 Å². The zero-order valence-electron chi connectivity index (χ0n) is 16.1. The van der Waals surface area contributed by atoms with Crippen molar-refractivity contribution in [2.24, 2.45) is 0 Å². The topological polar surface area (TPSA) is 74.3 Å². The molecule has 0 aliphatic heterocycles. The maximum Gasteiger partial charge on any atom is 0.223 e. The van der Waals surface area contributed by atoms with Gasteiger partial charge in [-0.1, -0.05) is 13.8 Å². The van der Waals surface area contributed by atoms with E-state index < -0.39 is 0 Å². The first kappa shape index (κ1) is 18.4. The number of nitriles is 1. The van der Waals surface area contributed by atoms with Crippen LogP contribution in [0.15, 0.2) is 6.20 Å². The zero-order valence-corrected chi connectivity index (χ0v) is 16.1. The first-order valence-corrected chi connectivity index (χ1v) is 9.56. The predicted molar refractivity (Wildman–Crippen MR) is 99.7 cm³/mol. The van der Waals surface area contributed by atoms with Crippen LogP contribution in [0.5, 0.6) is 0 Å². The Kier molecular flexibility index (Phi) is 5.26. The Hall–Kier alpha value is -2.42. The summed E-state index contributed by atoms with van der Waals surface area (Å²) in [5.74, 6) is 0.248. The fraction of sp³-hybridized carbons (Fsp3) is 0.600. The van der Waals surface area contributed by atoms with Crippen LogP contribution >= 0.6 is 0 Å². The van der Waals surface area contributed by atoms with E-state index in [0.29, 0.717) is 36.1 Å². The Morgan fingerprint density at radius 2 is 2.08 bits per heavy atom. The largest absolute Gasteiger partial charge is 0.337 e.